The molecular formula is C12H12F3N3O3S. The van der Waals surface area contributed by atoms with Gasteiger partial charge in [-0.05, 0) is 19.1 Å². The van der Waals surface area contributed by atoms with Gasteiger partial charge in [0.05, 0.1) is 5.71 Å². The summed E-state index contributed by atoms with van der Waals surface area (Å²) in [6, 6.07) is 4.61. The van der Waals surface area contributed by atoms with Crippen molar-refractivity contribution in [2.45, 2.75) is 22.9 Å². The van der Waals surface area contributed by atoms with E-state index in [9.17, 15) is 27.4 Å². The molecule has 120 valence electrons. The molecular weight excluding hydrogens is 323 g/mol. The van der Waals surface area contributed by atoms with Gasteiger partial charge in [0, 0.05) is 17.5 Å². The standard InChI is InChI=1S/C12H12F3N3O3S/c1-11(17-20)9(16-18(2)10(11)19)7-3-5-8(6-4-7)22(21)12(13,14)15/h3-6,17,20H,1-2H3. The van der Waals surface area contributed by atoms with E-state index in [-0.39, 0.29) is 5.71 Å². The van der Waals surface area contributed by atoms with Crippen LogP contribution in [0.4, 0.5) is 13.2 Å². The van der Waals surface area contributed by atoms with E-state index >= 15 is 0 Å². The van der Waals surface area contributed by atoms with Crippen LogP contribution in [-0.4, -0.2) is 44.1 Å². The first-order chi connectivity index (χ1) is 10.1. The molecule has 0 radical (unpaired) electrons. The van der Waals surface area contributed by atoms with E-state index < -0.39 is 32.6 Å². The Morgan fingerprint density at radius 1 is 1.32 bits per heavy atom. The van der Waals surface area contributed by atoms with E-state index in [4.69, 9.17) is 0 Å². The van der Waals surface area contributed by atoms with Gasteiger partial charge in [-0.3, -0.25) is 4.79 Å². The largest absolute Gasteiger partial charge is 0.475 e. The van der Waals surface area contributed by atoms with Gasteiger partial charge >= 0.3 is 5.51 Å². The third kappa shape index (κ3) is 2.64. The number of rotatable bonds is 3. The number of likely N-dealkylation sites (N-methyl/N-ethyl adjacent to an activating group) is 1. The molecule has 1 amide bonds. The van der Waals surface area contributed by atoms with Crippen molar-refractivity contribution in [2.75, 3.05) is 7.05 Å². The highest BCUT2D eigenvalue weighted by Crippen LogP contribution is 2.28. The number of carbonyl (C=O) groups is 1. The summed E-state index contributed by atoms with van der Waals surface area (Å²) >= 11 is 0. The second-order valence-corrected chi connectivity index (χ2v) is 6.22. The topological polar surface area (TPSA) is 82.0 Å². The lowest BCUT2D eigenvalue weighted by Crippen LogP contribution is -2.53. The van der Waals surface area contributed by atoms with Crippen LogP contribution in [0.5, 0.6) is 0 Å². The van der Waals surface area contributed by atoms with Crippen molar-refractivity contribution < 1.29 is 27.4 Å². The first kappa shape index (κ1) is 16.6. The Labute approximate surface area is 126 Å². The number of alkyl halides is 3. The van der Waals surface area contributed by atoms with Crippen LogP contribution in [0.3, 0.4) is 0 Å². The van der Waals surface area contributed by atoms with Crippen LogP contribution in [-0.2, 0) is 15.6 Å². The van der Waals surface area contributed by atoms with Crippen molar-refractivity contribution in [2.24, 2.45) is 5.10 Å². The molecule has 0 aliphatic carbocycles. The van der Waals surface area contributed by atoms with E-state index in [0.29, 0.717) is 5.56 Å². The SMILES string of the molecule is CN1N=C(c2ccc(S(=O)C(F)(F)F)cc2)C(C)(NO)C1=O. The number of carbonyl (C=O) groups excluding carboxylic acids is 1. The number of benzene rings is 1. The highest BCUT2D eigenvalue weighted by Gasteiger charge is 2.46. The Balaban J connectivity index is 2.38. The first-order valence-electron chi connectivity index (χ1n) is 5.99. The van der Waals surface area contributed by atoms with Crippen molar-refractivity contribution in [1.29, 1.82) is 0 Å². The molecule has 2 atom stereocenters. The molecule has 1 heterocycles. The summed E-state index contributed by atoms with van der Waals surface area (Å²) in [4.78, 5) is 11.5. The Morgan fingerprint density at radius 3 is 2.32 bits per heavy atom. The van der Waals surface area contributed by atoms with Crippen LogP contribution < -0.4 is 5.48 Å². The molecule has 0 fully saturated rings. The van der Waals surface area contributed by atoms with Crippen LogP contribution in [0.15, 0.2) is 34.3 Å². The van der Waals surface area contributed by atoms with E-state index in [2.05, 4.69) is 5.10 Å². The zero-order valence-corrected chi connectivity index (χ0v) is 12.3. The first-order valence-corrected chi connectivity index (χ1v) is 7.14. The quantitative estimate of drug-likeness (QED) is 0.814. The summed E-state index contributed by atoms with van der Waals surface area (Å²) in [6.45, 7) is 1.39. The molecule has 1 aromatic rings. The third-order valence-corrected chi connectivity index (χ3v) is 4.34. The van der Waals surface area contributed by atoms with E-state index in [1.165, 1.54) is 26.1 Å². The molecule has 1 aliphatic rings. The van der Waals surface area contributed by atoms with Crippen molar-refractivity contribution in [3.8, 4) is 0 Å². The van der Waals surface area contributed by atoms with Gasteiger partial charge in [-0.25, -0.2) is 9.22 Å². The second-order valence-electron chi connectivity index (χ2n) is 4.75. The molecule has 6 nitrogen and oxygen atoms in total. The van der Waals surface area contributed by atoms with Crippen LogP contribution in [0, 0.1) is 0 Å². The van der Waals surface area contributed by atoms with Gasteiger partial charge in [0.25, 0.3) is 5.91 Å². The van der Waals surface area contributed by atoms with Crippen molar-refractivity contribution in [3.63, 3.8) is 0 Å². The van der Waals surface area contributed by atoms with E-state index in [1.54, 1.807) is 0 Å². The lowest BCUT2D eigenvalue weighted by molar-refractivity contribution is -0.134. The van der Waals surface area contributed by atoms with E-state index in [1.807, 2.05) is 5.48 Å². The number of hydrogen-bond acceptors (Lipinski definition) is 5. The number of hydroxylamine groups is 1. The van der Waals surface area contributed by atoms with E-state index in [0.717, 1.165) is 17.1 Å². The van der Waals surface area contributed by atoms with Gasteiger partial charge in [-0.2, -0.15) is 23.8 Å². The lowest BCUT2D eigenvalue weighted by atomic mass is 9.91. The highest BCUT2D eigenvalue weighted by atomic mass is 32.2. The van der Waals surface area contributed by atoms with Crippen molar-refractivity contribution in [1.82, 2.24) is 10.5 Å². The number of hydrogen-bond donors (Lipinski definition) is 2. The van der Waals surface area contributed by atoms with Crippen LogP contribution >= 0.6 is 0 Å². The molecule has 0 bridgehead atoms. The monoisotopic (exact) mass is 335 g/mol. The minimum absolute atomic E-state index is 0.145. The Kier molecular flexibility index (Phi) is 4.11. The minimum Gasteiger partial charge on any atom is -0.315 e. The zero-order chi connectivity index (χ0) is 16.7. The fourth-order valence-corrected chi connectivity index (χ4v) is 2.69. The molecule has 0 saturated heterocycles. The maximum atomic E-state index is 12.4. The van der Waals surface area contributed by atoms with Crippen molar-refractivity contribution in [3.05, 3.63) is 29.8 Å². The molecule has 2 unspecified atom stereocenters. The fourth-order valence-electron chi connectivity index (χ4n) is 2.04. The fraction of sp³-hybridized carbons (Fsp3) is 0.333. The predicted octanol–water partition coefficient (Wildman–Crippen LogP) is 1.23. The summed E-state index contributed by atoms with van der Waals surface area (Å²) in [6.07, 6.45) is 0. The Morgan fingerprint density at radius 2 is 1.86 bits per heavy atom. The van der Waals surface area contributed by atoms with Gasteiger partial charge in [-0.1, -0.05) is 12.1 Å². The molecule has 0 spiro atoms. The summed E-state index contributed by atoms with van der Waals surface area (Å²) in [5.74, 6) is -0.520. The Hall–Kier alpha value is -1.78. The number of nitrogens with zero attached hydrogens (tertiary/aromatic N) is 2. The van der Waals surface area contributed by atoms with Gasteiger partial charge in [-0.15, -0.1) is 0 Å². The Bertz CT molecular complexity index is 660. The number of amides is 1. The number of hydrazone groups is 1. The summed E-state index contributed by atoms with van der Waals surface area (Å²) in [7, 11) is -1.74. The van der Waals surface area contributed by atoms with Gasteiger partial charge in [0.2, 0.25) is 0 Å². The summed E-state index contributed by atoms with van der Waals surface area (Å²) < 4.78 is 48.4. The predicted molar refractivity (Wildman–Crippen MR) is 71.5 cm³/mol. The average molecular weight is 335 g/mol. The number of nitrogens with one attached hydrogen (secondary N) is 1. The zero-order valence-electron chi connectivity index (χ0n) is 11.5. The second kappa shape index (κ2) is 5.45. The maximum Gasteiger partial charge on any atom is 0.475 e. The molecule has 1 aliphatic heterocycles. The molecule has 0 aromatic heterocycles. The normalized spacial score (nSPS) is 23.6. The van der Waals surface area contributed by atoms with Crippen molar-refractivity contribution >= 4 is 22.4 Å². The summed E-state index contributed by atoms with van der Waals surface area (Å²) in [5, 5.41) is 14.2. The van der Waals surface area contributed by atoms with Gasteiger partial charge in [0.1, 0.15) is 0 Å². The third-order valence-electron chi connectivity index (χ3n) is 3.22. The van der Waals surface area contributed by atoms with Crippen LogP contribution in [0.1, 0.15) is 12.5 Å². The molecule has 1 aromatic carbocycles. The van der Waals surface area contributed by atoms with Crippen LogP contribution in [0.25, 0.3) is 0 Å². The highest BCUT2D eigenvalue weighted by molar-refractivity contribution is 7.86. The molecule has 0 saturated carbocycles. The minimum atomic E-state index is -4.84. The average Bonchev–Trinajstić information content (AvgIpc) is 2.71. The van der Waals surface area contributed by atoms with Gasteiger partial charge in [0.15, 0.2) is 16.3 Å². The smallest absolute Gasteiger partial charge is 0.315 e. The molecule has 22 heavy (non-hydrogen) atoms. The lowest BCUT2D eigenvalue weighted by Gasteiger charge is -2.21. The maximum absolute atomic E-state index is 12.4. The molecule has 10 heteroatoms. The molecule has 2 rings (SSSR count). The number of halogens is 3. The molecule has 2 N–H and O–H groups in total. The van der Waals surface area contributed by atoms with Crippen LogP contribution in [0.2, 0.25) is 0 Å². The summed E-state index contributed by atoms with van der Waals surface area (Å²) in [5.41, 5.74) is -4.01. The van der Waals surface area contributed by atoms with Gasteiger partial charge < -0.3 is 5.21 Å².